The quantitative estimate of drug-likeness (QED) is 0.450. The fourth-order valence-corrected chi connectivity index (χ4v) is 3.91. The number of nitrogens with one attached hydrogen (secondary N) is 1. The van der Waals surface area contributed by atoms with Gasteiger partial charge in [-0.2, -0.15) is 0 Å². The summed E-state index contributed by atoms with van der Waals surface area (Å²) in [6.07, 6.45) is 1.57. The number of hydrogen-bond acceptors (Lipinski definition) is 6. The molecule has 0 saturated heterocycles. The van der Waals surface area contributed by atoms with Crippen molar-refractivity contribution in [2.24, 2.45) is 0 Å². The third kappa shape index (κ3) is 4.22. The number of likely N-dealkylation sites (N-methyl/N-ethyl adjacent to an activating group) is 1. The predicted molar refractivity (Wildman–Crippen MR) is 119 cm³/mol. The Morgan fingerprint density at radius 1 is 1.13 bits per heavy atom. The molecule has 0 radical (unpaired) electrons. The van der Waals surface area contributed by atoms with E-state index < -0.39 is 0 Å². The van der Waals surface area contributed by atoms with E-state index in [0.717, 1.165) is 13.1 Å². The number of fused-ring (bicyclic) bond motifs is 1. The van der Waals surface area contributed by atoms with Gasteiger partial charge in [0.15, 0.2) is 5.76 Å². The first-order valence-corrected chi connectivity index (χ1v) is 10.5. The summed E-state index contributed by atoms with van der Waals surface area (Å²) in [4.78, 5) is 20.1. The first kappa shape index (κ1) is 20.8. The summed E-state index contributed by atoms with van der Waals surface area (Å²) in [5.74, 6) is 0.370. The molecule has 0 bridgehead atoms. The minimum Gasteiger partial charge on any atom is -0.463 e. The minimum atomic E-state index is -0.195. The normalized spacial score (nSPS) is 12.4. The van der Waals surface area contributed by atoms with Gasteiger partial charge in [-0.25, -0.2) is 4.98 Å². The smallest absolute Gasteiger partial charge is 0.259 e. The summed E-state index contributed by atoms with van der Waals surface area (Å²) < 4.78 is 10.8. The van der Waals surface area contributed by atoms with Crippen LogP contribution in [-0.2, 0) is 0 Å². The van der Waals surface area contributed by atoms with Crippen molar-refractivity contribution in [3.63, 3.8) is 0 Å². The molecule has 0 aliphatic rings. The molecule has 7 heteroatoms. The first-order chi connectivity index (χ1) is 15.1. The van der Waals surface area contributed by atoms with E-state index >= 15 is 0 Å². The molecule has 0 spiro atoms. The monoisotopic (exact) mass is 418 g/mol. The molecule has 0 fully saturated rings. The molecule has 0 aliphatic carbocycles. The van der Waals surface area contributed by atoms with Gasteiger partial charge in [0.05, 0.1) is 28.9 Å². The maximum atomic E-state index is 13.3. The molecule has 1 N–H and O–H groups in total. The van der Waals surface area contributed by atoms with Gasteiger partial charge in [0, 0.05) is 6.54 Å². The zero-order valence-corrected chi connectivity index (χ0v) is 18.0. The Labute approximate surface area is 181 Å². The van der Waals surface area contributed by atoms with Crippen molar-refractivity contribution in [2.45, 2.75) is 26.8 Å². The number of benzene rings is 1. The highest BCUT2D eigenvalue weighted by Crippen LogP contribution is 2.27. The number of carbonyl (C=O) groups is 1. The Bertz CT molecular complexity index is 1150. The van der Waals surface area contributed by atoms with E-state index in [1.165, 1.54) is 5.56 Å². The zero-order valence-electron chi connectivity index (χ0n) is 18.0. The second-order valence-corrected chi connectivity index (χ2v) is 7.34. The maximum Gasteiger partial charge on any atom is 0.259 e. The molecule has 160 valence electrons. The maximum absolute atomic E-state index is 13.3. The highest BCUT2D eigenvalue weighted by Gasteiger charge is 2.23. The molecule has 1 amide bonds. The fourth-order valence-electron chi connectivity index (χ4n) is 3.91. The standard InChI is InChI=1S/C24H26N4O3/c1-4-28(5-2)20(17-10-7-6-8-11-17)15-25-23(29)18-14-19(21-12-9-13-30-21)26-24-22(18)16(3)27-31-24/h6-14,20H,4-5,15H2,1-3H3,(H,25,29). The lowest BCUT2D eigenvalue weighted by molar-refractivity contribution is 0.0936. The molecule has 4 aromatic rings. The van der Waals surface area contributed by atoms with Crippen LogP contribution >= 0.6 is 0 Å². The third-order valence-electron chi connectivity index (χ3n) is 5.53. The average molecular weight is 418 g/mol. The lowest BCUT2D eigenvalue weighted by atomic mass is 10.0. The van der Waals surface area contributed by atoms with Gasteiger partial charge in [-0.3, -0.25) is 9.69 Å². The van der Waals surface area contributed by atoms with Gasteiger partial charge < -0.3 is 14.3 Å². The summed E-state index contributed by atoms with van der Waals surface area (Å²) in [6.45, 7) is 8.32. The summed E-state index contributed by atoms with van der Waals surface area (Å²) in [5.41, 5.74) is 3.12. The summed E-state index contributed by atoms with van der Waals surface area (Å²) in [7, 11) is 0. The molecule has 3 aromatic heterocycles. The van der Waals surface area contributed by atoms with Crippen LogP contribution in [0.15, 0.2) is 63.7 Å². The van der Waals surface area contributed by atoms with Gasteiger partial charge in [0.2, 0.25) is 0 Å². The molecule has 7 nitrogen and oxygen atoms in total. The third-order valence-corrected chi connectivity index (χ3v) is 5.53. The number of rotatable bonds is 8. The minimum absolute atomic E-state index is 0.0746. The van der Waals surface area contributed by atoms with E-state index in [2.05, 4.69) is 46.3 Å². The van der Waals surface area contributed by atoms with Gasteiger partial charge >= 0.3 is 0 Å². The summed E-state index contributed by atoms with van der Waals surface area (Å²) in [5, 5.41) is 7.74. The van der Waals surface area contributed by atoms with Crippen LogP contribution in [0.4, 0.5) is 0 Å². The van der Waals surface area contributed by atoms with Crippen LogP contribution in [0.2, 0.25) is 0 Å². The highest BCUT2D eigenvalue weighted by molar-refractivity contribution is 6.06. The van der Waals surface area contributed by atoms with Crippen molar-refractivity contribution in [1.29, 1.82) is 0 Å². The largest absolute Gasteiger partial charge is 0.463 e. The molecule has 1 aromatic carbocycles. The zero-order chi connectivity index (χ0) is 21.8. The van der Waals surface area contributed by atoms with Crippen LogP contribution in [-0.4, -0.2) is 40.6 Å². The van der Waals surface area contributed by atoms with Gasteiger partial charge in [0.25, 0.3) is 11.6 Å². The van der Waals surface area contributed by atoms with E-state index in [9.17, 15) is 4.79 Å². The van der Waals surface area contributed by atoms with Crippen LogP contribution < -0.4 is 5.32 Å². The number of pyridine rings is 1. The first-order valence-electron chi connectivity index (χ1n) is 10.5. The van der Waals surface area contributed by atoms with Crippen LogP contribution in [0.5, 0.6) is 0 Å². The lowest BCUT2D eigenvalue weighted by Gasteiger charge is -2.30. The number of carbonyl (C=O) groups excluding carboxylic acids is 1. The molecule has 3 heterocycles. The highest BCUT2D eigenvalue weighted by atomic mass is 16.5. The van der Waals surface area contributed by atoms with Crippen molar-refractivity contribution in [3.05, 3.63) is 71.6 Å². The van der Waals surface area contributed by atoms with E-state index in [-0.39, 0.29) is 11.9 Å². The fraction of sp³-hybridized carbons (Fsp3) is 0.292. The molecule has 1 atom stereocenters. The Hall–Kier alpha value is -3.45. The number of hydrogen-bond donors (Lipinski definition) is 1. The lowest BCUT2D eigenvalue weighted by Crippen LogP contribution is -2.38. The Morgan fingerprint density at radius 2 is 1.90 bits per heavy atom. The van der Waals surface area contributed by atoms with Gasteiger partial charge in [-0.05, 0) is 43.8 Å². The number of aryl methyl sites for hydroxylation is 1. The van der Waals surface area contributed by atoms with Gasteiger partial charge in [-0.15, -0.1) is 0 Å². The second kappa shape index (κ2) is 9.14. The van der Waals surface area contributed by atoms with E-state index in [0.29, 0.717) is 40.4 Å². The molecule has 1 unspecified atom stereocenters. The molecule has 4 rings (SSSR count). The van der Waals surface area contributed by atoms with E-state index in [1.807, 2.05) is 18.2 Å². The molecule has 0 aliphatic heterocycles. The molecule has 0 saturated carbocycles. The van der Waals surface area contributed by atoms with Crippen molar-refractivity contribution in [2.75, 3.05) is 19.6 Å². The Morgan fingerprint density at radius 3 is 2.58 bits per heavy atom. The summed E-state index contributed by atoms with van der Waals surface area (Å²) in [6, 6.07) is 15.6. The van der Waals surface area contributed by atoms with E-state index in [1.54, 1.807) is 31.4 Å². The summed E-state index contributed by atoms with van der Waals surface area (Å²) >= 11 is 0. The molecular formula is C24H26N4O3. The average Bonchev–Trinajstić information content (AvgIpc) is 3.47. The van der Waals surface area contributed by atoms with Crippen molar-refractivity contribution >= 4 is 17.0 Å². The van der Waals surface area contributed by atoms with Crippen molar-refractivity contribution in [1.82, 2.24) is 20.4 Å². The van der Waals surface area contributed by atoms with Gasteiger partial charge in [-0.1, -0.05) is 49.3 Å². The van der Waals surface area contributed by atoms with Gasteiger partial charge in [0.1, 0.15) is 5.69 Å². The van der Waals surface area contributed by atoms with Crippen LogP contribution in [0.1, 0.15) is 41.5 Å². The van der Waals surface area contributed by atoms with Crippen molar-refractivity contribution in [3.8, 4) is 11.5 Å². The number of furan rings is 1. The number of amides is 1. The van der Waals surface area contributed by atoms with E-state index in [4.69, 9.17) is 8.94 Å². The predicted octanol–water partition coefficient (Wildman–Crippen LogP) is 4.60. The van der Waals surface area contributed by atoms with Crippen LogP contribution in [0.25, 0.3) is 22.6 Å². The topological polar surface area (TPSA) is 84.4 Å². The Balaban J connectivity index is 1.65. The molecule has 31 heavy (non-hydrogen) atoms. The van der Waals surface area contributed by atoms with Crippen molar-refractivity contribution < 1.29 is 13.7 Å². The number of nitrogens with zero attached hydrogens (tertiary/aromatic N) is 3. The number of aromatic nitrogens is 2. The van der Waals surface area contributed by atoms with Crippen LogP contribution in [0.3, 0.4) is 0 Å². The second-order valence-electron chi connectivity index (χ2n) is 7.34. The Kier molecular flexibility index (Phi) is 6.13. The van der Waals surface area contributed by atoms with Crippen LogP contribution in [0, 0.1) is 6.92 Å². The SMILES string of the molecule is CCN(CC)C(CNC(=O)c1cc(-c2ccco2)nc2onc(C)c12)c1ccccc1. The molecular weight excluding hydrogens is 392 g/mol.